The van der Waals surface area contributed by atoms with E-state index in [-0.39, 0.29) is 10.8 Å². The third-order valence-corrected chi connectivity index (χ3v) is 4.11. The van der Waals surface area contributed by atoms with Crippen molar-refractivity contribution in [2.75, 3.05) is 11.9 Å². The number of anilines is 1. The maximum Gasteiger partial charge on any atom is 0.272 e. The summed E-state index contributed by atoms with van der Waals surface area (Å²) in [5.74, 6) is 0.469. The van der Waals surface area contributed by atoms with Crippen LogP contribution in [0.3, 0.4) is 0 Å². The molecule has 20 heavy (non-hydrogen) atoms. The number of alkyl halides is 2. The summed E-state index contributed by atoms with van der Waals surface area (Å²) in [7, 11) is 1.65. The molecule has 0 radical (unpaired) electrons. The van der Waals surface area contributed by atoms with Crippen molar-refractivity contribution in [2.24, 2.45) is 0 Å². The number of amides is 1. The molecule has 0 aliphatic heterocycles. The molecule has 0 bridgehead atoms. The van der Waals surface area contributed by atoms with Crippen LogP contribution in [0.15, 0.2) is 24.4 Å². The van der Waals surface area contributed by atoms with Crippen LogP contribution in [0.5, 0.6) is 0 Å². The van der Waals surface area contributed by atoms with Crippen LogP contribution in [0.2, 0.25) is 0 Å². The van der Waals surface area contributed by atoms with E-state index in [1.807, 2.05) is 13.0 Å². The molecular weight excluding hydrogens is 282 g/mol. The summed E-state index contributed by atoms with van der Waals surface area (Å²) in [6, 6.07) is 4.94. The van der Waals surface area contributed by atoms with E-state index in [0.717, 1.165) is 27.3 Å². The lowest BCUT2D eigenvalue weighted by Crippen LogP contribution is -2.24. The highest BCUT2D eigenvalue weighted by atomic mass is 32.1. The molecule has 0 atom stereocenters. The molecule has 0 saturated carbocycles. The van der Waals surface area contributed by atoms with Crippen LogP contribution >= 0.6 is 11.3 Å². The summed E-state index contributed by atoms with van der Waals surface area (Å²) in [4.78, 5) is 17.8. The Balaban J connectivity index is 2.35. The largest absolute Gasteiger partial charge is 0.300 e. The summed E-state index contributed by atoms with van der Waals surface area (Å²) in [6.45, 7) is 3.30. The molecule has 0 spiro atoms. The van der Waals surface area contributed by atoms with Crippen LogP contribution in [0.4, 0.5) is 14.6 Å². The molecule has 0 saturated heterocycles. The number of carbonyl (C=O) groups excluding carboxylic acids is 1. The van der Waals surface area contributed by atoms with Crippen molar-refractivity contribution < 1.29 is 13.6 Å². The highest BCUT2D eigenvalue weighted by Gasteiger charge is 2.14. The first kappa shape index (κ1) is 14.6. The number of aryl methyl sites for hydroxylation is 1. The first-order valence-corrected chi connectivity index (χ1v) is 6.81. The number of hydrogen-bond donors (Lipinski definition) is 0. The third kappa shape index (κ3) is 2.85. The van der Waals surface area contributed by atoms with Gasteiger partial charge >= 0.3 is 0 Å². The minimum atomic E-state index is -2.45. The maximum atomic E-state index is 12.6. The van der Waals surface area contributed by atoms with E-state index in [1.54, 1.807) is 19.3 Å². The molecule has 2 heterocycles. The van der Waals surface area contributed by atoms with Crippen molar-refractivity contribution in [3.63, 3.8) is 0 Å². The number of rotatable bonds is 3. The Bertz CT molecular complexity index is 640. The highest BCUT2D eigenvalue weighted by Crippen LogP contribution is 2.34. The number of halogens is 2. The number of carbonyl (C=O) groups is 1. The van der Waals surface area contributed by atoms with Crippen molar-refractivity contribution in [2.45, 2.75) is 20.3 Å². The monoisotopic (exact) mass is 296 g/mol. The summed E-state index contributed by atoms with van der Waals surface area (Å²) in [5.41, 5.74) is 1.60. The second kappa shape index (κ2) is 5.66. The molecule has 2 rings (SSSR count). The fourth-order valence-electron chi connectivity index (χ4n) is 1.83. The Labute approximate surface area is 119 Å². The van der Waals surface area contributed by atoms with E-state index in [1.165, 1.54) is 17.9 Å². The van der Waals surface area contributed by atoms with Crippen LogP contribution in [0.25, 0.3) is 10.4 Å². The lowest BCUT2D eigenvalue weighted by molar-refractivity contribution is -0.116. The van der Waals surface area contributed by atoms with Gasteiger partial charge in [0.15, 0.2) is 0 Å². The molecule has 0 aromatic carbocycles. The molecule has 0 aliphatic carbocycles. The second-order valence-electron chi connectivity index (χ2n) is 4.45. The van der Waals surface area contributed by atoms with E-state index in [4.69, 9.17) is 0 Å². The van der Waals surface area contributed by atoms with Gasteiger partial charge in [-0.1, -0.05) is 0 Å². The van der Waals surface area contributed by atoms with Crippen LogP contribution in [0.1, 0.15) is 23.8 Å². The van der Waals surface area contributed by atoms with E-state index in [0.29, 0.717) is 5.82 Å². The average molecular weight is 296 g/mol. The zero-order chi connectivity index (χ0) is 14.9. The zero-order valence-electron chi connectivity index (χ0n) is 11.4. The Morgan fingerprint density at radius 1 is 1.40 bits per heavy atom. The molecule has 106 valence electrons. The fraction of sp³-hybridized carbons (Fsp3) is 0.286. The van der Waals surface area contributed by atoms with E-state index in [9.17, 15) is 13.6 Å². The predicted molar refractivity (Wildman–Crippen MR) is 76.3 cm³/mol. The summed E-state index contributed by atoms with van der Waals surface area (Å²) in [6.07, 6.45) is -0.853. The Hall–Kier alpha value is -1.82. The third-order valence-electron chi connectivity index (χ3n) is 2.97. The predicted octanol–water partition coefficient (Wildman–Crippen LogP) is 4.04. The van der Waals surface area contributed by atoms with Gasteiger partial charge in [0.2, 0.25) is 5.91 Å². The Kier molecular flexibility index (Phi) is 4.13. The van der Waals surface area contributed by atoms with Gasteiger partial charge in [0.1, 0.15) is 5.82 Å². The molecular formula is C14H14F2N2OS. The first-order chi connectivity index (χ1) is 9.40. The fourth-order valence-corrected chi connectivity index (χ4v) is 2.67. The zero-order valence-corrected chi connectivity index (χ0v) is 12.2. The van der Waals surface area contributed by atoms with Crippen molar-refractivity contribution in [1.82, 2.24) is 4.98 Å². The SMILES string of the molecule is CC(=O)N(C)c1ncc(-c2ccc(C(F)F)s2)cc1C. The minimum absolute atomic E-state index is 0.0441. The average Bonchev–Trinajstić information content (AvgIpc) is 2.87. The molecule has 2 aromatic heterocycles. The Morgan fingerprint density at radius 2 is 2.10 bits per heavy atom. The normalized spacial score (nSPS) is 10.9. The lowest BCUT2D eigenvalue weighted by atomic mass is 10.1. The standard InChI is InChI=1S/C14H14F2N2OS/c1-8-6-10(7-17-14(8)18(3)9(2)19)11-4-5-12(20-11)13(15)16/h4-7,13H,1-3H3. The van der Waals surface area contributed by atoms with Crippen molar-refractivity contribution in [3.05, 3.63) is 34.8 Å². The van der Waals surface area contributed by atoms with E-state index < -0.39 is 6.43 Å². The van der Waals surface area contributed by atoms with E-state index in [2.05, 4.69) is 4.98 Å². The van der Waals surface area contributed by atoms with Gasteiger partial charge in [-0.05, 0) is 30.7 Å². The second-order valence-corrected chi connectivity index (χ2v) is 5.56. The molecule has 0 N–H and O–H groups in total. The van der Waals surface area contributed by atoms with Gasteiger partial charge in [-0.3, -0.25) is 9.69 Å². The molecule has 0 aliphatic rings. The highest BCUT2D eigenvalue weighted by molar-refractivity contribution is 7.15. The van der Waals surface area contributed by atoms with Gasteiger partial charge < -0.3 is 0 Å². The molecule has 1 amide bonds. The first-order valence-electron chi connectivity index (χ1n) is 5.99. The van der Waals surface area contributed by atoms with Crippen molar-refractivity contribution in [3.8, 4) is 10.4 Å². The molecule has 2 aromatic rings. The number of nitrogens with zero attached hydrogens (tertiary/aromatic N) is 2. The number of thiophene rings is 1. The number of pyridine rings is 1. The van der Waals surface area contributed by atoms with E-state index >= 15 is 0 Å². The number of hydrogen-bond acceptors (Lipinski definition) is 3. The summed E-state index contributed by atoms with van der Waals surface area (Å²) >= 11 is 1.05. The molecule has 0 fully saturated rings. The maximum absolute atomic E-state index is 12.6. The van der Waals surface area contributed by atoms with Crippen LogP contribution in [-0.2, 0) is 4.79 Å². The topological polar surface area (TPSA) is 33.2 Å². The van der Waals surface area contributed by atoms with Crippen LogP contribution in [-0.4, -0.2) is 17.9 Å². The van der Waals surface area contributed by atoms with Crippen molar-refractivity contribution >= 4 is 23.1 Å². The smallest absolute Gasteiger partial charge is 0.272 e. The molecule has 3 nitrogen and oxygen atoms in total. The van der Waals surface area contributed by atoms with Gasteiger partial charge in [-0.25, -0.2) is 13.8 Å². The minimum Gasteiger partial charge on any atom is -0.300 e. The number of aromatic nitrogens is 1. The quantitative estimate of drug-likeness (QED) is 0.856. The summed E-state index contributed by atoms with van der Waals surface area (Å²) < 4.78 is 25.2. The van der Waals surface area contributed by atoms with Gasteiger partial charge in [-0.2, -0.15) is 0 Å². The lowest BCUT2D eigenvalue weighted by Gasteiger charge is -2.16. The summed E-state index contributed by atoms with van der Waals surface area (Å²) in [5, 5.41) is 0. The Morgan fingerprint density at radius 3 is 2.60 bits per heavy atom. The van der Waals surface area contributed by atoms with Gasteiger partial charge in [0.05, 0.1) is 4.88 Å². The van der Waals surface area contributed by atoms with Gasteiger partial charge in [0, 0.05) is 30.6 Å². The van der Waals surface area contributed by atoms with Crippen molar-refractivity contribution in [1.29, 1.82) is 0 Å². The van der Waals surface area contributed by atoms with Crippen LogP contribution in [0, 0.1) is 6.92 Å². The van der Waals surface area contributed by atoms with Gasteiger partial charge in [0.25, 0.3) is 6.43 Å². The van der Waals surface area contributed by atoms with Crippen LogP contribution < -0.4 is 4.90 Å². The van der Waals surface area contributed by atoms with Gasteiger partial charge in [-0.15, -0.1) is 11.3 Å². The molecule has 6 heteroatoms. The molecule has 0 unspecified atom stereocenters.